The van der Waals surface area contributed by atoms with E-state index in [1.165, 1.54) is 0 Å². The highest BCUT2D eigenvalue weighted by molar-refractivity contribution is 6.02. The molecule has 1 saturated heterocycles. The van der Waals surface area contributed by atoms with Crippen LogP contribution in [0.3, 0.4) is 0 Å². The lowest BCUT2D eigenvalue weighted by Crippen LogP contribution is -2.62. The number of carbonyl (C=O) groups is 3. The maximum Gasteiger partial charge on any atom is 0.193 e. The smallest absolute Gasteiger partial charge is 0.193 e. The second-order valence-electron chi connectivity index (χ2n) is 10.5. The quantitative estimate of drug-likeness (QED) is 0.741. The van der Waals surface area contributed by atoms with Crippen LogP contribution in [0.15, 0.2) is 23.8 Å². The molecule has 8 atom stereocenters. The van der Waals surface area contributed by atoms with Crippen molar-refractivity contribution < 1.29 is 29.0 Å². The third-order valence-corrected chi connectivity index (χ3v) is 9.13. The van der Waals surface area contributed by atoms with Crippen LogP contribution < -0.4 is 0 Å². The maximum atomic E-state index is 13.8. The van der Waals surface area contributed by atoms with E-state index >= 15 is 0 Å². The molecule has 0 aromatic rings. The minimum absolute atomic E-state index is 0.00863. The summed E-state index contributed by atoms with van der Waals surface area (Å²) in [7, 11) is 0. The van der Waals surface area contributed by atoms with E-state index in [4.69, 9.17) is 9.47 Å². The third kappa shape index (κ3) is 2.58. The van der Waals surface area contributed by atoms with E-state index in [2.05, 4.69) is 6.92 Å². The van der Waals surface area contributed by atoms with E-state index < -0.39 is 35.4 Å². The van der Waals surface area contributed by atoms with E-state index in [9.17, 15) is 19.5 Å². The van der Waals surface area contributed by atoms with E-state index in [1.807, 2.05) is 19.9 Å². The van der Waals surface area contributed by atoms with Gasteiger partial charge in [-0.15, -0.1) is 0 Å². The second-order valence-corrected chi connectivity index (χ2v) is 10.5. The Kier molecular flexibility index (Phi) is 4.75. The van der Waals surface area contributed by atoms with Gasteiger partial charge >= 0.3 is 0 Å². The summed E-state index contributed by atoms with van der Waals surface area (Å²) in [6.07, 6.45) is 8.35. The summed E-state index contributed by atoms with van der Waals surface area (Å²) in [6, 6.07) is 0. The van der Waals surface area contributed by atoms with Gasteiger partial charge in [0, 0.05) is 23.2 Å². The fourth-order valence-corrected chi connectivity index (χ4v) is 7.83. The Labute approximate surface area is 183 Å². The molecule has 1 aliphatic heterocycles. The lowest BCUT2D eigenvalue weighted by atomic mass is 9.46. The topological polar surface area (TPSA) is 89.9 Å². The van der Waals surface area contributed by atoms with Crippen LogP contribution >= 0.6 is 0 Å². The number of rotatable bonds is 4. The molecular weight excluding hydrogens is 396 g/mol. The van der Waals surface area contributed by atoms with Crippen LogP contribution in [0.2, 0.25) is 0 Å². The predicted molar refractivity (Wildman–Crippen MR) is 112 cm³/mol. The maximum absolute atomic E-state index is 13.8. The normalized spacial score (nSPS) is 48.0. The summed E-state index contributed by atoms with van der Waals surface area (Å²) >= 11 is 0. The average molecular weight is 429 g/mol. The van der Waals surface area contributed by atoms with Gasteiger partial charge in [-0.2, -0.15) is 0 Å². The van der Waals surface area contributed by atoms with Gasteiger partial charge in [-0.25, -0.2) is 0 Å². The standard InChI is InChI=1S/C25H32O6/c1-4-5-21-30-20-11-17-16-7-6-14-10-15(27)8-9-23(14,2)22(16)18(28)12-24(17,3)25(20,31-21)19(29)13-26/h8-10,16-17,20-22,26H,4-7,11-13H2,1-3H3. The molecule has 0 spiro atoms. The van der Waals surface area contributed by atoms with Crippen LogP contribution in [0, 0.1) is 28.6 Å². The average Bonchev–Trinajstić information content (AvgIpc) is 3.20. The molecule has 0 amide bonds. The molecule has 0 radical (unpaired) electrons. The minimum Gasteiger partial charge on any atom is -0.388 e. The number of hydrogen-bond donors (Lipinski definition) is 1. The Morgan fingerprint density at radius 2 is 2.06 bits per heavy atom. The van der Waals surface area contributed by atoms with Crippen LogP contribution in [0.1, 0.15) is 59.3 Å². The molecule has 31 heavy (non-hydrogen) atoms. The molecule has 4 aliphatic carbocycles. The van der Waals surface area contributed by atoms with Gasteiger partial charge in [0.15, 0.2) is 23.5 Å². The summed E-state index contributed by atoms with van der Waals surface area (Å²) < 4.78 is 12.6. The molecule has 5 rings (SSSR count). The Hall–Kier alpha value is -1.63. The third-order valence-electron chi connectivity index (χ3n) is 9.13. The first-order chi connectivity index (χ1) is 14.7. The summed E-state index contributed by atoms with van der Waals surface area (Å²) in [5.41, 5.74) is -1.37. The number of hydrogen-bond acceptors (Lipinski definition) is 6. The summed E-state index contributed by atoms with van der Waals surface area (Å²) in [4.78, 5) is 38.9. The predicted octanol–water partition coefficient (Wildman–Crippen LogP) is 2.93. The lowest BCUT2D eigenvalue weighted by molar-refractivity contribution is -0.187. The first-order valence-corrected chi connectivity index (χ1v) is 11.7. The number of ether oxygens (including phenoxy) is 2. The number of Topliss-reactive ketones (excluding diaryl/α,β-unsaturated/α-hetero) is 2. The van der Waals surface area contributed by atoms with Gasteiger partial charge in [-0.05, 0) is 49.7 Å². The number of aliphatic hydroxyl groups is 1. The lowest BCUT2D eigenvalue weighted by Gasteiger charge is -2.57. The first kappa shape index (κ1) is 21.2. The summed E-state index contributed by atoms with van der Waals surface area (Å²) in [5, 5.41) is 9.86. The van der Waals surface area contributed by atoms with Crippen molar-refractivity contribution in [3.63, 3.8) is 0 Å². The largest absolute Gasteiger partial charge is 0.388 e. The molecule has 0 aromatic carbocycles. The Morgan fingerprint density at radius 3 is 2.77 bits per heavy atom. The van der Waals surface area contributed by atoms with Crippen molar-refractivity contribution in [2.45, 2.75) is 77.3 Å². The molecule has 5 aliphatic rings. The molecule has 6 nitrogen and oxygen atoms in total. The highest BCUT2D eigenvalue weighted by Crippen LogP contribution is 2.68. The fourth-order valence-electron chi connectivity index (χ4n) is 7.83. The SMILES string of the molecule is CCCC1OC2CC3C4CCC5=CC(=O)C=CC5(C)C4C(=O)CC3(C)C2(C(=O)CO)O1. The van der Waals surface area contributed by atoms with Crippen LogP contribution in [0.25, 0.3) is 0 Å². The molecule has 4 fully saturated rings. The van der Waals surface area contributed by atoms with E-state index in [-0.39, 0.29) is 41.5 Å². The number of allylic oxidation sites excluding steroid dienone is 4. The molecular formula is C25H32O6. The number of ketones is 3. The highest BCUT2D eigenvalue weighted by Gasteiger charge is 2.75. The Bertz CT molecular complexity index is 904. The molecule has 6 heteroatoms. The van der Waals surface area contributed by atoms with Crippen LogP contribution in [-0.2, 0) is 23.9 Å². The fraction of sp³-hybridized carbons (Fsp3) is 0.720. The molecule has 0 bridgehead atoms. The monoisotopic (exact) mass is 428 g/mol. The zero-order valence-electron chi connectivity index (χ0n) is 18.6. The van der Waals surface area contributed by atoms with Gasteiger partial charge in [0.1, 0.15) is 12.4 Å². The minimum atomic E-state index is -1.26. The van der Waals surface area contributed by atoms with E-state index in [0.717, 1.165) is 24.8 Å². The van der Waals surface area contributed by atoms with Crippen molar-refractivity contribution >= 4 is 17.3 Å². The number of fused-ring (bicyclic) bond motifs is 7. The highest BCUT2D eigenvalue weighted by atomic mass is 16.7. The molecule has 0 aromatic heterocycles. The van der Waals surface area contributed by atoms with Crippen LogP contribution in [0.4, 0.5) is 0 Å². The van der Waals surface area contributed by atoms with Crippen molar-refractivity contribution in [2.24, 2.45) is 28.6 Å². The zero-order chi connectivity index (χ0) is 22.2. The zero-order valence-corrected chi connectivity index (χ0v) is 18.6. The van der Waals surface area contributed by atoms with Gasteiger partial charge in [-0.1, -0.05) is 38.8 Å². The molecule has 1 heterocycles. The Morgan fingerprint density at radius 1 is 1.29 bits per heavy atom. The number of aliphatic hydroxyl groups excluding tert-OH is 1. The molecule has 1 N–H and O–H groups in total. The molecule has 8 unspecified atom stereocenters. The summed E-state index contributed by atoms with van der Waals surface area (Å²) in [6.45, 7) is 5.51. The van der Waals surface area contributed by atoms with Crippen LogP contribution in [-0.4, -0.2) is 47.1 Å². The van der Waals surface area contributed by atoms with Gasteiger partial charge in [-0.3, -0.25) is 14.4 Å². The van der Waals surface area contributed by atoms with Gasteiger partial charge < -0.3 is 14.6 Å². The van der Waals surface area contributed by atoms with Crippen molar-refractivity contribution in [1.29, 1.82) is 0 Å². The van der Waals surface area contributed by atoms with Crippen molar-refractivity contribution in [1.82, 2.24) is 0 Å². The Balaban J connectivity index is 1.56. The van der Waals surface area contributed by atoms with Gasteiger partial charge in [0.2, 0.25) is 0 Å². The van der Waals surface area contributed by atoms with E-state index in [1.54, 1.807) is 12.2 Å². The van der Waals surface area contributed by atoms with Crippen molar-refractivity contribution in [3.8, 4) is 0 Å². The summed E-state index contributed by atoms with van der Waals surface area (Å²) in [5.74, 6) is -0.269. The van der Waals surface area contributed by atoms with E-state index in [0.29, 0.717) is 12.8 Å². The van der Waals surface area contributed by atoms with Crippen LogP contribution in [0.5, 0.6) is 0 Å². The number of carbonyl (C=O) groups excluding carboxylic acids is 3. The first-order valence-electron chi connectivity index (χ1n) is 11.7. The van der Waals surface area contributed by atoms with Gasteiger partial charge in [0.25, 0.3) is 0 Å². The molecule has 168 valence electrons. The van der Waals surface area contributed by atoms with Gasteiger partial charge in [0.05, 0.1) is 6.10 Å². The van der Waals surface area contributed by atoms with Crippen molar-refractivity contribution in [3.05, 3.63) is 23.8 Å². The van der Waals surface area contributed by atoms with Crippen molar-refractivity contribution in [2.75, 3.05) is 6.61 Å². The molecule has 3 saturated carbocycles. The second kappa shape index (κ2) is 6.93.